The summed E-state index contributed by atoms with van der Waals surface area (Å²) >= 11 is 0. The first-order valence-electron chi connectivity index (χ1n) is 5.87. The van der Waals surface area contributed by atoms with Crippen LogP contribution in [0.15, 0.2) is 34.9 Å². The highest BCUT2D eigenvalue weighted by Crippen LogP contribution is 2.19. The first-order valence-corrected chi connectivity index (χ1v) is 7.60. The van der Waals surface area contributed by atoms with Crippen LogP contribution in [-0.2, 0) is 10.8 Å². The van der Waals surface area contributed by atoms with Crippen molar-refractivity contribution in [2.75, 3.05) is 18.6 Å². The third-order valence-corrected chi connectivity index (χ3v) is 3.33. The molecule has 7 heteroatoms. The van der Waals surface area contributed by atoms with Gasteiger partial charge in [0.2, 0.25) is 5.76 Å². The minimum atomic E-state index is -0.962. The van der Waals surface area contributed by atoms with E-state index in [9.17, 15) is 13.4 Å². The van der Waals surface area contributed by atoms with E-state index in [0.717, 1.165) is 0 Å². The number of rotatable bonds is 5. The zero-order valence-electron chi connectivity index (χ0n) is 10.8. The van der Waals surface area contributed by atoms with Crippen LogP contribution < -0.4 is 5.32 Å². The molecular formula is C13H13FN2O3S. The highest BCUT2D eigenvalue weighted by Gasteiger charge is 2.13. The van der Waals surface area contributed by atoms with E-state index in [1.165, 1.54) is 18.2 Å². The minimum absolute atomic E-state index is 0.0613. The van der Waals surface area contributed by atoms with Gasteiger partial charge in [-0.1, -0.05) is 5.16 Å². The van der Waals surface area contributed by atoms with E-state index in [1.54, 1.807) is 18.4 Å². The second-order valence-corrected chi connectivity index (χ2v) is 5.67. The van der Waals surface area contributed by atoms with Crippen molar-refractivity contribution in [1.29, 1.82) is 0 Å². The highest BCUT2D eigenvalue weighted by atomic mass is 32.2. The number of benzene rings is 1. The maximum atomic E-state index is 12.8. The molecule has 106 valence electrons. The lowest BCUT2D eigenvalue weighted by molar-refractivity contribution is 0.0919. The summed E-state index contributed by atoms with van der Waals surface area (Å²) < 4.78 is 28.6. The summed E-state index contributed by atoms with van der Waals surface area (Å²) in [5.41, 5.74) is 1.11. The summed E-state index contributed by atoms with van der Waals surface area (Å²) in [6, 6.07) is 7.19. The third-order valence-electron chi connectivity index (χ3n) is 2.55. The fraction of sp³-hybridized carbons (Fsp3) is 0.231. The smallest absolute Gasteiger partial charge is 0.289 e. The van der Waals surface area contributed by atoms with Gasteiger partial charge in [0.25, 0.3) is 5.91 Å². The first-order chi connectivity index (χ1) is 9.56. The van der Waals surface area contributed by atoms with E-state index < -0.39 is 16.7 Å². The van der Waals surface area contributed by atoms with Gasteiger partial charge in [-0.15, -0.1) is 0 Å². The highest BCUT2D eigenvalue weighted by molar-refractivity contribution is 7.84. The van der Waals surface area contributed by atoms with Crippen molar-refractivity contribution in [1.82, 2.24) is 10.5 Å². The first kappa shape index (κ1) is 14.4. The zero-order chi connectivity index (χ0) is 14.5. The summed E-state index contributed by atoms with van der Waals surface area (Å²) in [4.78, 5) is 11.7. The lowest BCUT2D eigenvalue weighted by atomic mass is 10.1. The molecule has 1 atom stereocenters. The summed E-state index contributed by atoms with van der Waals surface area (Å²) in [7, 11) is -0.962. The van der Waals surface area contributed by atoms with Crippen LogP contribution in [0, 0.1) is 5.82 Å². The van der Waals surface area contributed by atoms with Crippen LogP contribution in [0.1, 0.15) is 10.6 Å². The molecule has 2 aromatic rings. The molecule has 0 fully saturated rings. The summed E-state index contributed by atoms with van der Waals surface area (Å²) in [6.45, 7) is 0.300. The summed E-state index contributed by atoms with van der Waals surface area (Å²) in [5.74, 6) is -0.324. The SMILES string of the molecule is C[S@](=O)CCNC(=O)c1cc(-c2ccc(F)cc2)no1. The second kappa shape index (κ2) is 6.42. The van der Waals surface area contributed by atoms with Gasteiger partial charge < -0.3 is 9.84 Å². The Morgan fingerprint density at radius 2 is 2.10 bits per heavy atom. The van der Waals surface area contributed by atoms with Crippen LogP contribution in [0.4, 0.5) is 4.39 Å². The zero-order valence-corrected chi connectivity index (χ0v) is 11.6. The largest absolute Gasteiger partial charge is 0.350 e. The van der Waals surface area contributed by atoms with Gasteiger partial charge in [-0.2, -0.15) is 0 Å². The topological polar surface area (TPSA) is 72.2 Å². The third kappa shape index (κ3) is 3.74. The van der Waals surface area contributed by atoms with Crippen LogP contribution in [0.25, 0.3) is 11.3 Å². The Bertz CT molecular complexity index is 625. The number of carbonyl (C=O) groups is 1. The molecule has 0 saturated carbocycles. The standard InChI is InChI=1S/C13H13FN2O3S/c1-20(18)7-6-15-13(17)12-8-11(16-19-12)9-2-4-10(14)5-3-9/h2-5,8H,6-7H2,1H3,(H,15,17)/t20-/m0/s1. The van der Waals surface area contributed by atoms with Crippen molar-refractivity contribution in [2.45, 2.75) is 0 Å². The number of nitrogens with zero attached hydrogens (tertiary/aromatic N) is 1. The lowest BCUT2D eigenvalue weighted by Gasteiger charge is -1.99. The van der Waals surface area contributed by atoms with Crippen LogP contribution in [0.3, 0.4) is 0 Å². The van der Waals surface area contributed by atoms with E-state index >= 15 is 0 Å². The average Bonchev–Trinajstić information content (AvgIpc) is 2.88. The monoisotopic (exact) mass is 296 g/mol. The van der Waals surface area contributed by atoms with Crippen LogP contribution in [0.2, 0.25) is 0 Å². The van der Waals surface area contributed by atoms with E-state index in [1.807, 2.05) is 0 Å². The Balaban J connectivity index is 2.03. The molecule has 0 spiro atoms. The van der Waals surface area contributed by atoms with Crippen molar-refractivity contribution in [3.63, 3.8) is 0 Å². The molecule has 0 aliphatic carbocycles. The molecule has 2 rings (SSSR count). The minimum Gasteiger partial charge on any atom is -0.350 e. The number of halogens is 1. The normalized spacial score (nSPS) is 12.1. The molecule has 0 radical (unpaired) electrons. The number of nitrogens with one attached hydrogen (secondary N) is 1. The molecule has 1 aromatic carbocycles. The molecule has 1 amide bonds. The molecule has 0 saturated heterocycles. The van der Waals surface area contributed by atoms with E-state index in [2.05, 4.69) is 10.5 Å². The van der Waals surface area contributed by atoms with Gasteiger partial charge in [-0.05, 0) is 24.3 Å². The molecule has 0 aliphatic heterocycles. The van der Waals surface area contributed by atoms with Gasteiger partial charge in [0.15, 0.2) is 0 Å². The molecule has 5 nitrogen and oxygen atoms in total. The van der Waals surface area contributed by atoms with Gasteiger partial charge in [0.05, 0.1) is 0 Å². The molecule has 0 bridgehead atoms. The van der Waals surface area contributed by atoms with Gasteiger partial charge in [-0.3, -0.25) is 9.00 Å². The van der Waals surface area contributed by atoms with Gasteiger partial charge in [-0.25, -0.2) is 4.39 Å². The van der Waals surface area contributed by atoms with Crippen molar-refractivity contribution in [2.24, 2.45) is 0 Å². The molecule has 1 N–H and O–H groups in total. The molecule has 1 aromatic heterocycles. The fourth-order valence-corrected chi connectivity index (χ4v) is 1.92. The summed E-state index contributed by atoms with van der Waals surface area (Å²) in [5, 5.41) is 6.34. The maximum Gasteiger partial charge on any atom is 0.289 e. The summed E-state index contributed by atoms with van der Waals surface area (Å²) in [6.07, 6.45) is 1.56. The molecule has 0 aliphatic rings. The van der Waals surface area contributed by atoms with Gasteiger partial charge in [0.1, 0.15) is 11.5 Å². The van der Waals surface area contributed by atoms with E-state index in [-0.39, 0.29) is 11.6 Å². The predicted molar refractivity (Wildman–Crippen MR) is 73.2 cm³/mol. The Kier molecular flexibility index (Phi) is 4.62. The average molecular weight is 296 g/mol. The van der Waals surface area contributed by atoms with Crippen molar-refractivity contribution < 1.29 is 17.9 Å². The maximum absolute atomic E-state index is 12.8. The number of hydrogen-bond acceptors (Lipinski definition) is 4. The number of aromatic nitrogens is 1. The van der Waals surface area contributed by atoms with Crippen LogP contribution in [-0.4, -0.2) is 33.8 Å². The number of amides is 1. The van der Waals surface area contributed by atoms with E-state index in [4.69, 9.17) is 4.52 Å². The Morgan fingerprint density at radius 1 is 1.40 bits per heavy atom. The molecule has 0 unspecified atom stereocenters. The molecular weight excluding hydrogens is 283 g/mol. The fourth-order valence-electron chi connectivity index (χ4n) is 1.53. The quantitative estimate of drug-likeness (QED) is 0.909. The van der Waals surface area contributed by atoms with Crippen molar-refractivity contribution >= 4 is 16.7 Å². The van der Waals surface area contributed by atoms with Crippen LogP contribution in [0.5, 0.6) is 0 Å². The van der Waals surface area contributed by atoms with Crippen molar-refractivity contribution in [3.8, 4) is 11.3 Å². The van der Waals surface area contributed by atoms with Crippen molar-refractivity contribution in [3.05, 3.63) is 41.9 Å². The van der Waals surface area contributed by atoms with Crippen LogP contribution >= 0.6 is 0 Å². The Labute approximate surface area is 117 Å². The molecule has 1 heterocycles. The van der Waals surface area contributed by atoms with E-state index in [0.29, 0.717) is 23.6 Å². The number of carbonyl (C=O) groups excluding carboxylic acids is 1. The number of hydrogen-bond donors (Lipinski definition) is 1. The Morgan fingerprint density at radius 3 is 2.75 bits per heavy atom. The second-order valence-electron chi connectivity index (χ2n) is 4.12. The lowest BCUT2D eigenvalue weighted by Crippen LogP contribution is -2.27. The Hall–Kier alpha value is -2.02. The van der Waals surface area contributed by atoms with Gasteiger partial charge in [0, 0.05) is 41.0 Å². The predicted octanol–water partition coefficient (Wildman–Crippen LogP) is 1.59. The van der Waals surface area contributed by atoms with Gasteiger partial charge >= 0.3 is 0 Å². The molecule has 20 heavy (non-hydrogen) atoms.